The number of amides is 1. The van der Waals surface area contributed by atoms with E-state index in [2.05, 4.69) is 5.32 Å². The molecule has 0 aliphatic heterocycles. The van der Waals surface area contributed by atoms with Gasteiger partial charge in [-0.15, -0.1) is 0 Å². The highest BCUT2D eigenvalue weighted by Crippen LogP contribution is 2.17. The average Bonchev–Trinajstić information content (AvgIpc) is 2.03. The van der Waals surface area contributed by atoms with E-state index in [-0.39, 0.29) is 5.75 Å². The Morgan fingerprint density at radius 2 is 2.33 bits per heavy atom. The van der Waals surface area contributed by atoms with Crippen LogP contribution < -0.4 is 5.32 Å². The molecule has 12 heavy (non-hydrogen) atoms. The van der Waals surface area contributed by atoms with Gasteiger partial charge in [0.05, 0.1) is 0 Å². The number of phenolic OH excluding ortho intramolecular Hbond substituents is 1. The van der Waals surface area contributed by atoms with Crippen LogP contribution in [0.25, 0.3) is 0 Å². The number of carbonyl (C=O) groups excluding carboxylic acids is 1. The Bertz CT molecular complexity index is 284. The molecule has 3 nitrogen and oxygen atoms in total. The number of hydrogen-bond donors (Lipinski definition) is 2. The zero-order chi connectivity index (χ0) is 8.97. The lowest BCUT2D eigenvalue weighted by atomic mass is 10.1. The summed E-state index contributed by atoms with van der Waals surface area (Å²) in [5, 5.41) is 11.8. The van der Waals surface area contributed by atoms with Crippen molar-refractivity contribution in [2.75, 3.05) is 0 Å². The van der Waals surface area contributed by atoms with Crippen LogP contribution in [0.3, 0.4) is 0 Å². The highest BCUT2D eigenvalue weighted by Gasteiger charge is 1.98. The van der Waals surface area contributed by atoms with Crippen molar-refractivity contribution in [2.24, 2.45) is 0 Å². The van der Waals surface area contributed by atoms with Gasteiger partial charge in [-0.05, 0) is 18.6 Å². The van der Waals surface area contributed by atoms with E-state index in [1.54, 1.807) is 12.1 Å². The molecule has 1 rings (SSSR count). The summed E-state index contributed by atoms with van der Waals surface area (Å²) in [6.07, 6.45) is 0.610. The average molecular weight is 165 g/mol. The van der Waals surface area contributed by atoms with Crippen molar-refractivity contribution in [3.8, 4) is 5.75 Å². The van der Waals surface area contributed by atoms with Crippen LogP contribution >= 0.6 is 0 Å². The molecule has 0 bridgehead atoms. The van der Waals surface area contributed by atoms with Crippen molar-refractivity contribution in [2.45, 2.75) is 13.5 Å². The van der Waals surface area contributed by atoms with E-state index in [0.29, 0.717) is 13.0 Å². The molecule has 0 aliphatic carbocycles. The zero-order valence-corrected chi connectivity index (χ0v) is 6.87. The molecule has 1 amide bonds. The number of nitrogens with one attached hydrogen (secondary N) is 1. The van der Waals surface area contributed by atoms with Crippen LogP contribution in [0.15, 0.2) is 18.2 Å². The van der Waals surface area contributed by atoms with Gasteiger partial charge in [0.25, 0.3) is 0 Å². The molecule has 0 spiro atoms. The summed E-state index contributed by atoms with van der Waals surface area (Å²) in [6.45, 7) is 2.27. The first-order chi connectivity index (χ1) is 5.74. The molecule has 0 heterocycles. The third kappa shape index (κ3) is 1.99. The van der Waals surface area contributed by atoms with Gasteiger partial charge in [0.2, 0.25) is 6.41 Å². The van der Waals surface area contributed by atoms with E-state index < -0.39 is 0 Å². The molecular weight excluding hydrogens is 154 g/mol. The molecule has 0 saturated carbocycles. The van der Waals surface area contributed by atoms with Crippen LogP contribution in [0, 0.1) is 6.92 Å². The van der Waals surface area contributed by atoms with Gasteiger partial charge in [-0.25, -0.2) is 0 Å². The van der Waals surface area contributed by atoms with Gasteiger partial charge in [0.15, 0.2) is 0 Å². The lowest BCUT2D eigenvalue weighted by Gasteiger charge is -2.03. The minimum Gasteiger partial charge on any atom is -0.508 e. The van der Waals surface area contributed by atoms with Crippen molar-refractivity contribution >= 4 is 6.41 Å². The third-order valence-corrected chi connectivity index (χ3v) is 1.62. The molecule has 1 aromatic carbocycles. The van der Waals surface area contributed by atoms with E-state index in [1.165, 1.54) is 0 Å². The predicted octanol–water partition coefficient (Wildman–Crippen LogP) is 0.947. The Balaban J connectivity index is 2.78. The molecule has 0 fully saturated rings. The number of aryl methyl sites for hydroxylation is 1. The van der Waals surface area contributed by atoms with Crippen molar-refractivity contribution in [1.82, 2.24) is 5.32 Å². The van der Waals surface area contributed by atoms with Gasteiger partial charge in [-0.1, -0.05) is 12.1 Å². The number of aromatic hydroxyl groups is 1. The number of phenols is 1. The van der Waals surface area contributed by atoms with Gasteiger partial charge in [0.1, 0.15) is 5.75 Å². The van der Waals surface area contributed by atoms with Gasteiger partial charge in [-0.3, -0.25) is 4.79 Å². The van der Waals surface area contributed by atoms with Gasteiger partial charge in [0, 0.05) is 12.1 Å². The van der Waals surface area contributed by atoms with E-state index in [0.717, 1.165) is 11.1 Å². The Kier molecular flexibility index (Phi) is 2.69. The summed E-state index contributed by atoms with van der Waals surface area (Å²) >= 11 is 0. The van der Waals surface area contributed by atoms with Crippen LogP contribution in [0.5, 0.6) is 5.75 Å². The molecule has 0 saturated heterocycles. The standard InChI is InChI=1S/C9H11NO2/c1-7-2-3-8(5-10-6-11)9(12)4-7/h2-4,6,12H,5H2,1H3,(H,10,11). The minimum atomic E-state index is 0.226. The Morgan fingerprint density at radius 1 is 1.58 bits per heavy atom. The topological polar surface area (TPSA) is 49.3 Å². The molecule has 64 valence electrons. The van der Waals surface area contributed by atoms with Crippen LogP contribution in [0.1, 0.15) is 11.1 Å². The fourth-order valence-electron chi connectivity index (χ4n) is 0.975. The molecule has 0 atom stereocenters. The minimum absolute atomic E-state index is 0.226. The first-order valence-corrected chi connectivity index (χ1v) is 3.69. The third-order valence-electron chi connectivity index (χ3n) is 1.62. The second kappa shape index (κ2) is 3.76. The van der Waals surface area contributed by atoms with Crippen LogP contribution in [0.4, 0.5) is 0 Å². The van der Waals surface area contributed by atoms with Crippen molar-refractivity contribution in [1.29, 1.82) is 0 Å². The predicted molar refractivity (Wildman–Crippen MR) is 45.7 cm³/mol. The molecule has 1 aromatic rings. The molecule has 0 aromatic heterocycles. The van der Waals surface area contributed by atoms with E-state index >= 15 is 0 Å². The lowest BCUT2D eigenvalue weighted by molar-refractivity contribution is -0.109. The SMILES string of the molecule is Cc1ccc(CNC=O)c(O)c1. The number of carbonyl (C=O) groups is 1. The van der Waals surface area contributed by atoms with Crippen molar-refractivity contribution < 1.29 is 9.90 Å². The molecular formula is C9H11NO2. The molecule has 0 unspecified atom stereocenters. The quantitative estimate of drug-likeness (QED) is 0.655. The molecule has 0 aliphatic rings. The zero-order valence-electron chi connectivity index (χ0n) is 6.87. The monoisotopic (exact) mass is 165 g/mol. The maximum atomic E-state index is 9.96. The largest absolute Gasteiger partial charge is 0.508 e. The van der Waals surface area contributed by atoms with Crippen LogP contribution in [0.2, 0.25) is 0 Å². The fourth-order valence-corrected chi connectivity index (χ4v) is 0.975. The molecule has 3 heteroatoms. The Hall–Kier alpha value is -1.51. The summed E-state index contributed by atoms with van der Waals surface area (Å²) in [5.74, 6) is 0.226. The van der Waals surface area contributed by atoms with Crippen molar-refractivity contribution in [3.63, 3.8) is 0 Å². The normalized spacial score (nSPS) is 9.42. The molecule has 0 radical (unpaired) electrons. The highest BCUT2D eigenvalue weighted by atomic mass is 16.3. The summed E-state index contributed by atoms with van der Waals surface area (Å²) in [6, 6.07) is 5.35. The van der Waals surface area contributed by atoms with E-state index in [9.17, 15) is 9.90 Å². The summed E-state index contributed by atoms with van der Waals surface area (Å²) in [7, 11) is 0. The number of rotatable bonds is 3. The van der Waals surface area contributed by atoms with Gasteiger partial charge >= 0.3 is 0 Å². The van der Waals surface area contributed by atoms with E-state index in [1.807, 2.05) is 13.0 Å². The van der Waals surface area contributed by atoms with Crippen LogP contribution in [-0.4, -0.2) is 11.5 Å². The first-order valence-electron chi connectivity index (χ1n) is 3.69. The van der Waals surface area contributed by atoms with Crippen molar-refractivity contribution in [3.05, 3.63) is 29.3 Å². The second-order valence-electron chi connectivity index (χ2n) is 2.63. The van der Waals surface area contributed by atoms with Gasteiger partial charge in [-0.2, -0.15) is 0 Å². The Labute approximate surface area is 71.0 Å². The van der Waals surface area contributed by atoms with E-state index in [4.69, 9.17) is 0 Å². The maximum Gasteiger partial charge on any atom is 0.207 e. The number of benzene rings is 1. The summed E-state index contributed by atoms with van der Waals surface area (Å²) < 4.78 is 0. The smallest absolute Gasteiger partial charge is 0.207 e. The Morgan fingerprint density at radius 3 is 2.92 bits per heavy atom. The summed E-state index contributed by atoms with van der Waals surface area (Å²) in [4.78, 5) is 9.96. The van der Waals surface area contributed by atoms with Crippen LogP contribution in [-0.2, 0) is 11.3 Å². The molecule has 2 N–H and O–H groups in total. The van der Waals surface area contributed by atoms with Gasteiger partial charge < -0.3 is 10.4 Å². The lowest BCUT2D eigenvalue weighted by Crippen LogP contribution is -2.09. The first kappa shape index (κ1) is 8.59. The summed E-state index contributed by atoms with van der Waals surface area (Å²) in [5.41, 5.74) is 1.73. The fraction of sp³-hybridized carbons (Fsp3) is 0.222. The number of hydrogen-bond acceptors (Lipinski definition) is 2. The second-order valence-corrected chi connectivity index (χ2v) is 2.63. The highest BCUT2D eigenvalue weighted by molar-refractivity contribution is 5.47. The maximum absolute atomic E-state index is 9.96.